The molecule has 0 rings (SSSR count). The molecular weight excluding hydrogens is 1050 g/mol. The average molecular weight is 1180 g/mol. The third-order valence-electron chi connectivity index (χ3n) is 15.0. The fraction of sp³-hybridized carbons (Fsp3) is 0.753. The van der Waals surface area contributed by atoms with Crippen molar-refractivity contribution < 1.29 is 37.3 Å². The predicted molar refractivity (Wildman–Crippen MR) is 360 cm³/mol. The molecule has 0 aromatic rings. The summed E-state index contributed by atoms with van der Waals surface area (Å²) in [7, 11) is 1.45. The predicted octanol–water partition coefficient (Wildman–Crippen LogP) is 21.9. The highest BCUT2D eigenvalue weighted by molar-refractivity contribution is 7.47. The van der Waals surface area contributed by atoms with E-state index in [2.05, 4.69) is 105 Å². The first kappa shape index (κ1) is 79.9. The zero-order valence-electron chi connectivity index (χ0n) is 54.9. The van der Waals surface area contributed by atoms with E-state index in [0.717, 1.165) is 77.0 Å². The first-order chi connectivity index (χ1) is 40.4. The average Bonchev–Trinajstić information content (AvgIpc) is 3.47. The number of esters is 1. The van der Waals surface area contributed by atoms with Crippen LogP contribution in [0, 0.1) is 0 Å². The monoisotopic (exact) mass is 1180 g/mol. The molecule has 0 fully saturated rings. The summed E-state index contributed by atoms with van der Waals surface area (Å²) >= 11 is 0. The van der Waals surface area contributed by atoms with E-state index < -0.39 is 20.0 Å². The van der Waals surface area contributed by atoms with Gasteiger partial charge in [-0.05, 0) is 96.0 Å². The molecule has 9 nitrogen and oxygen atoms in total. The molecule has 0 aliphatic rings. The van der Waals surface area contributed by atoms with Gasteiger partial charge in [0.1, 0.15) is 19.3 Å². The summed E-state index contributed by atoms with van der Waals surface area (Å²) in [5.74, 6) is -0.598. The third kappa shape index (κ3) is 63.3. The molecular formula is C73H132N2O7P+. The first-order valence-corrected chi connectivity index (χ1v) is 36.1. The summed E-state index contributed by atoms with van der Waals surface area (Å²) in [5.41, 5.74) is 0. The lowest BCUT2D eigenvalue weighted by atomic mass is 10.0. The van der Waals surface area contributed by atoms with Crippen LogP contribution in [0.3, 0.4) is 0 Å². The molecule has 0 aliphatic heterocycles. The maximum atomic E-state index is 13.6. The Morgan fingerprint density at radius 1 is 0.434 bits per heavy atom. The minimum absolute atomic E-state index is 0.0236. The molecule has 0 saturated heterocycles. The number of hydrogen-bond acceptors (Lipinski definition) is 6. The van der Waals surface area contributed by atoms with Crippen LogP contribution >= 0.6 is 7.82 Å². The standard InChI is InChI=1S/C73H131N2O7P/c1-7-10-13-16-19-22-25-28-30-32-34-35-36-37-38-39-41-43-45-48-51-54-57-60-63-66-73(77)82-71(64-61-58-55-52-49-46-27-24-21-18-15-12-9-3)70(69-81-83(78,79)80-68-67-75(4,5)6)74-72(76)65-62-59-56-53-50-47-44-42-40-33-31-29-26-23-20-17-14-11-8-2/h11,14,20,23,28-31,40,42,47,50,56,59,61,64,70-71H,7-10,12-13,15-19,21-22,24-27,32-39,41,43-46,48-49,51-55,57-58,60,62-63,65-69H2,1-6H3,(H-,74,76,78,79)/p+1/b14-11-,23-20-,30-28+,31-29-,42-40-,50-47-,59-56-,64-61-. The quantitative estimate of drug-likeness (QED) is 0.0205. The summed E-state index contributed by atoms with van der Waals surface area (Å²) in [5, 5.41) is 3.02. The minimum atomic E-state index is -4.48. The van der Waals surface area contributed by atoms with Gasteiger partial charge in [-0.2, -0.15) is 0 Å². The molecule has 0 saturated carbocycles. The van der Waals surface area contributed by atoms with Crippen LogP contribution in [0.2, 0.25) is 0 Å². The molecule has 1 amide bonds. The van der Waals surface area contributed by atoms with Crippen molar-refractivity contribution in [1.29, 1.82) is 0 Å². The van der Waals surface area contributed by atoms with Gasteiger partial charge in [-0.15, -0.1) is 0 Å². The maximum absolute atomic E-state index is 13.6. The van der Waals surface area contributed by atoms with Gasteiger partial charge in [-0.25, -0.2) is 4.57 Å². The highest BCUT2D eigenvalue weighted by Crippen LogP contribution is 2.43. The van der Waals surface area contributed by atoms with Crippen LogP contribution in [0.5, 0.6) is 0 Å². The van der Waals surface area contributed by atoms with Gasteiger partial charge in [-0.1, -0.05) is 292 Å². The molecule has 3 unspecified atom stereocenters. The van der Waals surface area contributed by atoms with E-state index in [9.17, 15) is 19.0 Å². The number of amides is 1. The molecule has 480 valence electrons. The Balaban J connectivity index is 5.20. The van der Waals surface area contributed by atoms with Crippen LogP contribution in [-0.2, 0) is 27.9 Å². The zero-order chi connectivity index (χ0) is 60.7. The Bertz CT molecular complexity index is 1740. The van der Waals surface area contributed by atoms with Crippen LogP contribution in [-0.4, -0.2) is 74.3 Å². The van der Waals surface area contributed by atoms with Gasteiger partial charge in [-0.3, -0.25) is 18.6 Å². The molecule has 2 N–H and O–H groups in total. The number of unbranched alkanes of at least 4 members (excludes halogenated alkanes) is 32. The number of carbonyl (C=O) groups is 2. The Morgan fingerprint density at radius 2 is 0.783 bits per heavy atom. The van der Waals surface area contributed by atoms with Crippen LogP contribution in [0.1, 0.15) is 303 Å². The fourth-order valence-electron chi connectivity index (χ4n) is 9.72. The Hall–Kier alpha value is -3.07. The van der Waals surface area contributed by atoms with Crippen molar-refractivity contribution in [2.75, 3.05) is 40.9 Å². The Kier molecular flexibility index (Phi) is 59.7. The normalized spacial score (nSPS) is 14.2. The number of phosphoric acid groups is 1. The van der Waals surface area contributed by atoms with E-state index in [0.29, 0.717) is 17.4 Å². The van der Waals surface area contributed by atoms with Crippen LogP contribution in [0.25, 0.3) is 0 Å². The fourth-order valence-corrected chi connectivity index (χ4v) is 10.5. The van der Waals surface area contributed by atoms with Gasteiger partial charge in [0.05, 0.1) is 33.8 Å². The summed E-state index contributed by atoms with van der Waals surface area (Å²) < 4.78 is 30.7. The van der Waals surface area contributed by atoms with Crippen LogP contribution < -0.4 is 5.32 Å². The number of rotatable bonds is 62. The lowest BCUT2D eigenvalue weighted by molar-refractivity contribution is -0.870. The van der Waals surface area contributed by atoms with Crippen LogP contribution in [0.15, 0.2) is 97.2 Å². The van der Waals surface area contributed by atoms with Gasteiger partial charge in [0.2, 0.25) is 5.91 Å². The molecule has 0 bridgehead atoms. The van der Waals surface area contributed by atoms with Crippen molar-refractivity contribution >= 4 is 19.7 Å². The minimum Gasteiger partial charge on any atom is -0.456 e. The number of quaternary nitrogens is 1. The number of allylic oxidation sites excluding steroid dienone is 15. The molecule has 0 aromatic heterocycles. The van der Waals surface area contributed by atoms with Gasteiger partial charge in [0, 0.05) is 12.8 Å². The summed E-state index contributed by atoms with van der Waals surface area (Å²) in [6.07, 6.45) is 84.4. The second-order valence-electron chi connectivity index (χ2n) is 24.3. The highest BCUT2D eigenvalue weighted by atomic mass is 31.2. The topological polar surface area (TPSA) is 111 Å². The first-order valence-electron chi connectivity index (χ1n) is 34.6. The number of nitrogens with zero attached hydrogens (tertiary/aromatic N) is 1. The molecule has 0 heterocycles. The van der Waals surface area contributed by atoms with E-state index in [1.807, 2.05) is 39.4 Å². The Labute approximate surface area is 513 Å². The number of carbonyl (C=O) groups excluding carboxylic acids is 2. The second kappa shape index (κ2) is 62.0. The summed E-state index contributed by atoms with van der Waals surface area (Å²) in [6, 6.07) is -0.894. The number of phosphoric ester groups is 1. The number of hydrogen-bond donors (Lipinski definition) is 2. The summed E-state index contributed by atoms with van der Waals surface area (Å²) in [4.78, 5) is 37.8. The molecule has 0 aliphatic carbocycles. The molecule has 0 spiro atoms. The maximum Gasteiger partial charge on any atom is 0.472 e. The van der Waals surface area contributed by atoms with Crippen molar-refractivity contribution in [1.82, 2.24) is 5.32 Å². The van der Waals surface area contributed by atoms with Gasteiger partial charge < -0.3 is 19.4 Å². The SMILES string of the molecule is CC/C=C\C/C=C\C/C=C\C/C=C\C/C=C\C/C=C\CCC(=O)NC(COP(=O)(O)OCC[N+](C)(C)C)C(/C=C\CCCCCCCCCCCCC)OC(=O)CCCCCCCCCCCCCCCCC/C=C/CCCCCCCC. The molecule has 10 heteroatoms. The van der Waals surface area contributed by atoms with E-state index >= 15 is 0 Å². The number of nitrogens with one attached hydrogen (secondary N) is 1. The van der Waals surface area contributed by atoms with Crippen molar-refractivity contribution in [3.8, 4) is 0 Å². The molecule has 0 radical (unpaired) electrons. The Morgan fingerprint density at radius 3 is 1.18 bits per heavy atom. The van der Waals surface area contributed by atoms with Gasteiger partial charge >= 0.3 is 13.8 Å². The largest absolute Gasteiger partial charge is 0.472 e. The van der Waals surface area contributed by atoms with Crippen molar-refractivity contribution in [2.24, 2.45) is 0 Å². The number of likely N-dealkylation sites (N-methyl/N-ethyl adjacent to an activating group) is 1. The van der Waals surface area contributed by atoms with E-state index in [1.165, 1.54) is 186 Å². The van der Waals surface area contributed by atoms with Crippen molar-refractivity contribution in [2.45, 2.75) is 315 Å². The lowest BCUT2D eigenvalue weighted by Crippen LogP contribution is -2.47. The van der Waals surface area contributed by atoms with Crippen molar-refractivity contribution in [3.63, 3.8) is 0 Å². The van der Waals surface area contributed by atoms with E-state index in [1.54, 1.807) is 0 Å². The van der Waals surface area contributed by atoms with Crippen LogP contribution in [0.4, 0.5) is 0 Å². The highest BCUT2D eigenvalue weighted by Gasteiger charge is 2.30. The van der Waals surface area contributed by atoms with Gasteiger partial charge in [0.15, 0.2) is 0 Å². The van der Waals surface area contributed by atoms with Gasteiger partial charge in [0.25, 0.3) is 0 Å². The van der Waals surface area contributed by atoms with Crippen molar-refractivity contribution in [3.05, 3.63) is 97.2 Å². The molecule has 3 atom stereocenters. The molecule has 0 aromatic carbocycles. The second-order valence-corrected chi connectivity index (χ2v) is 25.8. The third-order valence-corrected chi connectivity index (χ3v) is 16.0. The number of ether oxygens (including phenoxy) is 1. The van der Waals surface area contributed by atoms with E-state index in [4.69, 9.17) is 13.8 Å². The summed E-state index contributed by atoms with van der Waals surface area (Å²) in [6.45, 7) is 6.86. The van der Waals surface area contributed by atoms with E-state index in [-0.39, 0.29) is 37.9 Å². The molecule has 83 heavy (non-hydrogen) atoms. The smallest absolute Gasteiger partial charge is 0.456 e. The lowest BCUT2D eigenvalue weighted by Gasteiger charge is -2.27. The zero-order valence-corrected chi connectivity index (χ0v) is 55.8.